The summed E-state index contributed by atoms with van der Waals surface area (Å²) >= 11 is 0. The second-order valence-corrected chi connectivity index (χ2v) is 6.41. The fourth-order valence-electron chi connectivity index (χ4n) is 3.43. The average Bonchev–Trinajstić information content (AvgIpc) is 3.27. The first kappa shape index (κ1) is 14.5. The third kappa shape index (κ3) is 3.82. The van der Waals surface area contributed by atoms with Crippen molar-refractivity contribution in [3.63, 3.8) is 0 Å². The molecule has 0 aliphatic heterocycles. The van der Waals surface area contributed by atoms with Crippen molar-refractivity contribution in [2.45, 2.75) is 57.5 Å². The van der Waals surface area contributed by atoms with E-state index in [4.69, 9.17) is 0 Å². The van der Waals surface area contributed by atoms with Crippen molar-refractivity contribution < 1.29 is 4.79 Å². The largest absolute Gasteiger partial charge is 0.311 e. The Kier molecular flexibility index (Phi) is 4.54. The van der Waals surface area contributed by atoms with Crippen LogP contribution in [0.15, 0.2) is 35.9 Å². The highest BCUT2D eigenvalue weighted by atomic mass is 16.1. The monoisotopic (exact) mass is 283 g/mol. The first-order chi connectivity index (χ1) is 10.3. The highest BCUT2D eigenvalue weighted by Crippen LogP contribution is 2.40. The Morgan fingerprint density at radius 3 is 2.62 bits per heavy atom. The van der Waals surface area contributed by atoms with Gasteiger partial charge in [-0.05, 0) is 37.2 Å². The van der Waals surface area contributed by atoms with Crippen LogP contribution in [0.3, 0.4) is 0 Å². The summed E-state index contributed by atoms with van der Waals surface area (Å²) in [6.45, 7) is 2.25. The molecule has 2 fully saturated rings. The number of nitrogens with one attached hydrogen (secondary N) is 1. The summed E-state index contributed by atoms with van der Waals surface area (Å²) in [6, 6.07) is 11.8. The van der Waals surface area contributed by atoms with Gasteiger partial charge in [-0.1, -0.05) is 48.9 Å². The zero-order chi connectivity index (χ0) is 14.7. The van der Waals surface area contributed by atoms with Gasteiger partial charge >= 0.3 is 0 Å². The second kappa shape index (κ2) is 6.57. The number of benzene rings is 1. The van der Waals surface area contributed by atoms with Crippen LogP contribution in [-0.2, 0) is 4.79 Å². The van der Waals surface area contributed by atoms with E-state index in [-0.39, 0.29) is 0 Å². The molecule has 0 heterocycles. The van der Waals surface area contributed by atoms with Gasteiger partial charge in [-0.3, -0.25) is 4.79 Å². The first-order valence-corrected chi connectivity index (χ1v) is 8.29. The molecule has 0 bridgehead atoms. The van der Waals surface area contributed by atoms with Crippen LogP contribution in [0.4, 0.5) is 0 Å². The average molecular weight is 283 g/mol. The molecule has 1 unspecified atom stereocenters. The maximum atomic E-state index is 11.3. The van der Waals surface area contributed by atoms with Crippen molar-refractivity contribution >= 4 is 11.9 Å². The number of hydrogen-bond acceptors (Lipinski definition) is 2. The standard InChI is InChI=1S/C19H25NO/c1-2-15(12-14-6-4-3-5-7-14)18-13-19(18)20-16-8-10-17(21)11-9-16/h3-7,12,16,18-20H,2,8-11,13H2,1H3/t18?,19-/m0/s1. The molecule has 0 aromatic heterocycles. The van der Waals surface area contributed by atoms with Gasteiger partial charge in [0.05, 0.1) is 0 Å². The minimum atomic E-state index is 0.443. The summed E-state index contributed by atoms with van der Waals surface area (Å²) in [5.74, 6) is 1.14. The van der Waals surface area contributed by atoms with E-state index in [2.05, 4.69) is 48.6 Å². The van der Waals surface area contributed by atoms with Crippen LogP contribution >= 0.6 is 0 Å². The Labute approximate surface area is 127 Å². The van der Waals surface area contributed by atoms with Crippen LogP contribution in [0.25, 0.3) is 6.08 Å². The van der Waals surface area contributed by atoms with Crippen LogP contribution in [0, 0.1) is 5.92 Å². The molecular weight excluding hydrogens is 258 g/mol. The van der Waals surface area contributed by atoms with Crippen molar-refractivity contribution in [3.05, 3.63) is 41.5 Å². The smallest absolute Gasteiger partial charge is 0.133 e. The summed E-state index contributed by atoms with van der Waals surface area (Å²) in [6.07, 6.45) is 8.36. The molecule has 1 aromatic carbocycles. The van der Waals surface area contributed by atoms with E-state index >= 15 is 0 Å². The van der Waals surface area contributed by atoms with E-state index in [0.717, 1.165) is 32.1 Å². The van der Waals surface area contributed by atoms with Gasteiger partial charge < -0.3 is 5.32 Å². The van der Waals surface area contributed by atoms with Gasteiger partial charge in [-0.15, -0.1) is 0 Å². The van der Waals surface area contributed by atoms with Crippen molar-refractivity contribution in [1.29, 1.82) is 0 Å². The molecule has 2 heteroatoms. The second-order valence-electron chi connectivity index (χ2n) is 6.41. The highest BCUT2D eigenvalue weighted by Gasteiger charge is 2.40. The summed E-state index contributed by atoms with van der Waals surface area (Å²) < 4.78 is 0. The molecule has 112 valence electrons. The number of Topliss-reactive ketones (excluding diaryl/α,β-unsaturated/α-hetero) is 1. The van der Waals surface area contributed by atoms with Crippen LogP contribution < -0.4 is 5.32 Å². The number of ketones is 1. The third-order valence-electron chi connectivity index (χ3n) is 4.82. The van der Waals surface area contributed by atoms with Gasteiger partial charge in [0.25, 0.3) is 0 Å². The zero-order valence-corrected chi connectivity index (χ0v) is 12.8. The summed E-state index contributed by atoms with van der Waals surface area (Å²) in [5.41, 5.74) is 2.87. The molecule has 0 radical (unpaired) electrons. The van der Waals surface area contributed by atoms with E-state index in [1.807, 2.05) is 0 Å². The lowest BCUT2D eigenvalue weighted by Crippen LogP contribution is -2.35. The molecule has 1 N–H and O–H groups in total. The SMILES string of the molecule is CCC(=Cc1ccccc1)C1C[C@@H]1NC1CCC(=O)CC1. The molecule has 2 aliphatic rings. The number of carbonyl (C=O) groups is 1. The molecular formula is C19H25NO. The van der Waals surface area contributed by atoms with Crippen LogP contribution in [0.2, 0.25) is 0 Å². The van der Waals surface area contributed by atoms with Gasteiger partial charge in [0.2, 0.25) is 0 Å². The van der Waals surface area contributed by atoms with Gasteiger partial charge in [-0.25, -0.2) is 0 Å². The Bertz CT molecular complexity index is 510. The maximum absolute atomic E-state index is 11.3. The molecule has 0 spiro atoms. The van der Waals surface area contributed by atoms with E-state index < -0.39 is 0 Å². The summed E-state index contributed by atoms with van der Waals surface area (Å²) in [4.78, 5) is 11.3. The lowest BCUT2D eigenvalue weighted by atomic mass is 9.94. The van der Waals surface area contributed by atoms with Crippen molar-refractivity contribution in [2.24, 2.45) is 5.92 Å². The highest BCUT2D eigenvalue weighted by molar-refractivity contribution is 5.79. The summed E-state index contributed by atoms with van der Waals surface area (Å²) in [5, 5.41) is 3.77. The van der Waals surface area contributed by atoms with E-state index in [9.17, 15) is 4.79 Å². The minimum absolute atomic E-state index is 0.443. The van der Waals surface area contributed by atoms with Gasteiger partial charge in [0, 0.05) is 24.9 Å². The molecule has 2 aliphatic carbocycles. The van der Waals surface area contributed by atoms with Crippen molar-refractivity contribution in [2.75, 3.05) is 0 Å². The van der Waals surface area contributed by atoms with Crippen LogP contribution in [0.1, 0.15) is 51.0 Å². The molecule has 0 amide bonds. The van der Waals surface area contributed by atoms with Crippen molar-refractivity contribution in [3.8, 4) is 0 Å². The number of rotatable bonds is 5. The molecule has 3 rings (SSSR count). The topological polar surface area (TPSA) is 29.1 Å². The lowest BCUT2D eigenvalue weighted by Gasteiger charge is -2.22. The predicted molar refractivity (Wildman–Crippen MR) is 87.0 cm³/mol. The van der Waals surface area contributed by atoms with Gasteiger partial charge in [0.15, 0.2) is 0 Å². The molecule has 21 heavy (non-hydrogen) atoms. The van der Waals surface area contributed by atoms with Crippen LogP contribution in [0.5, 0.6) is 0 Å². The molecule has 1 aromatic rings. The van der Waals surface area contributed by atoms with Gasteiger partial charge in [0.1, 0.15) is 5.78 Å². The fraction of sp³-hybridized carbons (Fsp3) is 0.526. The lowest BCUT2D eigenvalue weighted by molar-refractivity contribution is -0.120. The zero-order valence-electron chi connectivity index (χ0n) is 12.8. The fourth-order valence-corrected chi connectivity index (χ4v) is 3.43. The first-order valence-electron chi connectivity index (χ1n) is 8.29. The summed E-state index contributed by atoms with van der Waals surface area (Å²) in [7, 11) is 0. The molecule has 0 saturated heterocycles. The Balaban J connectivity index is 1.56. The Morgan fingerprint density at radius 1 is 1.24 bits per heavy atom. The third-order valence-corrected chi connectivity index (χ3v) is 4.82. The predicted octanol–water partition coefficient (Wildman–Crippen LogP) is 3.97. The molecule has 2 nitrogen and oxygen atoms in total. The Morgan fingerprint density at radius 2 is 1.95 bits per heavy atom. The van der Waals surface area contributed by atoms with E-state index in [0.29, 0.717) is 23.8 Å². The van der Waals surface area contributed by atoms with Crippen molar-refractivity contribution in [1.82, 2.24) is 5.32 Å². The molecule has 2 atom stereocenters. The maximum Gasteiger partial charge on any atom is 0.133 e. The quantitative estimate of drug-likeness (QED) is 0.886. The normalized spacial score (nSPS) is 26.9. The minimum Gasteiger partial charge on any atom is -0.311 e. The number of hydrogen-bond donors (Lipinski definition) is 1. The van der Waals surface area contributed by atoms with E-state index in [1.165, 1.54) is 12.0 Å². The number of carbonyl (C=O) groups excluding carboxylic acids is 1. The van der Waals surface area contributed by atoms with Gasteiger partial charge in [-0.2, -0.15) is 0 Å². The van der Waals surface area contributed by atoms with Crippen LogP contribution in [-0.4, -0.2) is 17.9 Å². The van der Waals surface area contributed by atoms with E-state index in [1.54, 1.807) is 5.57 Å². The Hall–Kier alpha value is -1.41. The molecule has 2 saturated carbocycles.